The lowest BCUT2D eigenvalue weighted by molar-refractivity contribution is 0.301. The van der Waals surface area contributed by atoms with Crippen LogP contribution in [-0.2, 0) is 13.1 Å². The number of hydrogen-bond acceptors (Lipinski definition) is 2. The van der Waals surface area contributed by atoms with Gasteiger partial charge >= 0.3 is 0 Å². The molecule has 2 heteroatoms. The summed E-state index contributed by atoms with van der Waals surface area (Å²) in [7, 11) is 0. The highest BCUT2D eigenvalue weighted by atomic mass is 15.2. The second kappa shape index (κ2) is 4.92. The summed E-state index contributed by atoms with van der Waals surface area (Å²) in [5, 5.41) is 0. The minimum absolute atomic E-state index is 0.571. The van der Waals surface area contributed by atoms with Crippen molar-refractivity contribution < 1.29 is 0 Å². The molecule has 1 aliphatic rings. The summed E-state index contributed by atoms with van der Waals surface area (Å²) in [6.07, 6.45) is 2.44. The average Bonchev–Trinajstić information content (AvgIpc) is 2.66. The molecular formula is C15H22N2. The summed E-state index contributed by atoms with van der Waals surface area (Å²) in [6.45, 7) is 10.3. The van der Waals surface area contributed by atoms with Crippen LogP contribution in [0.25, 0.3) is 5.70 Å². The van der Waals surface area contributed by atoms with E-state index in [0.29, 0.717) is 12.6 Å². The maximum atomic E-state index is 5.68. The first-order chi connectivity index (χ1) is 8.17. The van der Waals surface area contributed by atoms with Crippen LogP contribution in [0.2, 0.25) is 0 Å². The minimum Gasteiger partial charge on any atom is -0.364 e. The third kappa shape index (κ3) is 2.22. The smallest absolute Gasteiger partial charge is 0.0439 e. The zero-order valence-corrected chi connectivity index (χ0v) is 10.9. The Hall–Kier alpha value is -1.28. The highest BCUT2D eigenvalue weighted by molar-refractivity contribution is 5.69. The quantitative estimate of drug-likeness (QED) is 0.861. The molecule has 1 aromatic carbocycles. The van der Waals surface area contributed by atoms with E-state index in [0.717, 1.165) is 6.54 Å². The molecule has 17 heavy (non-hydrogen) atoms. The Kier molecular flexibility index (Phi) is 3.53. The molecular weight excluding hydrogens is 208 g/mol. The van der Waals surface area contributed by atoms with E-state index in [-0.39, 0.29) is 0 Å². The first kappa shape index (κ1) is 12.2. The minimum atomic E-state index is 0.571. The van der Waals surface area contributed by atoms with Gasteiger partial charge < -0.3 is 10.6 Å². The SMILES string of the molecule is C=C1c2ccc(CN)cc2CN1C(C)CCC. The molecule has 0 aliphatic carbocycles. The van der Waals surface area contributed by atoms with E-state index in [9.17, 15) is 0 Å². The molecule has 2 nitrogen and oxygen atoms in total. The fourth-order valence-corrected chi connectivity index (χ4v) is 2.62. The number of hydrogen-bond donors (Lipinski definition) is 1. The number of fused-ring (bicyclic) bond motifs is 1. The maximum absolute atomic E-state index is 5.68. The van der Waals surface area contributed by atoms with Gasteiger partial charge in [0.2, 0.25) is 0 Å². The van der Waals surface area contributed by atoms with Crippen molar-refractivity contribution in [3.8, 4) is 0 Å². The lowest BCUT2D eigenvalue weighted by atomic mass is 10.1. The first-order valence-corrected chi connectivity index (χ1v) is 6.45. The second-order valence-corrected chi connectivity index (χ2v) is 4.91. The second-order valence-electron chi connectivity index (χ2n) is 4.91. The van der Waals surface area contributed by atoms with Gasteiger partial charge in [0.1, 0.15) is 0 Å². The molecule has 2 N–H and O–H groups in total. The summed E-state index contributed by atoms with van der Waals surface area (Å²) >= 11 is 0. The van der Waals surface area contributed by atoms with Crippen molar-refractivity contribution in [2.45, 2.75) is 45.8 Å². The molecule has 0 saturated heterocycles. The Morgan fingerprint density at radius 2 is 2.24 bits per heavy atom. The van der Waals surface area contributed by atoms with Crippen LogP contribution in [0.15, 0.2) is 24.8 Å². The van der Waals surface area contributed by atoms with Crippen molar-refractivity contribution in [1.82, 2.24) is 4.90 Å². The van der Waals surface area contributed by atoms with E-state index in [1.54, 1.807) is 0 Å². The van der Waals surface area contributed by atoms with Gasteiger partial charge in [-0.15, -0.1) is 0 Å². The standard InChI is InChI=1S/C15H22N2/c1-4-5-11(2)17-10-14-8-13(9-16)6-7-15(14)12(17)3/h6-8,11H,3-5,9-10,16H2,1-2H3. The van der Waals surface area contributed by atoms with E-state index < -0.39 is 0 Å². The number of nitrogens with zero attached hydrogens (tertiary/aromatic N) is 1. The number of benzene rings is 1. The Morgan fingerprint density at radius 3 is 2.88 bits per heavy atom. The number of rotatable bonds is 4. The molecule has 92 valence electrons. The van der Waals surface area contributed by atoms with Gasteiger partial charge in [0.15, 0.2) is 0 Å². The molecule has 2 rings (SSSR count). The van der Waals surface area contributed by atoms with Crippen LogP contribution in [-0.4, -0.2) is 10.9 Å². The lowest BCUT2D eigenvalue weighted by Crippen LogP contribution is -2.26. The van der Waals surface area contributed by atoms with E-state index in [2.05, 4.69) is 43.5 Å². The van der Waals surface area contributed by atoms with Crippen LogP contribution < -0.4 is 5.73 Å². The predicted molar refractivity (Wildman–Crippen MR) is 73.3 cm³/mol. The highest BCUT2D eigenvalue weighted by Crippen LogP contribution is 2.34. The van der Waals surface area contributed by atoms with Gasteiger partial charge in [0, 0.05) is 30.4 Å². The molecule has 1 atom stereocenters. The van der Waals surface area contributed by atoms with Gasteiger partial charge in [-0.1, -0.05) is 38.1 Å². The van der Waals surface area contributed by atoms with E-state index in [4.69, 9.17) is 5.73 Å². The molecule has 0 radical (unpaired) electrons. The van der Waals surface area contributed by atoms with Gasteiger partial charge in [-0.25, -0.2) is 0 Å². The van der Waals surface area contributed by atoms with Crippen LogP contribution >= 0.6 is 0 Å². The molecule has 0 spiro atoms. The van der Waals surface area contributed by atoms with Crippen molar-refractivity contribution in [3.63, 3.8) is 0 Å². The summed E-state index contributed by atoms with van der Waals surface area (Å²) in [5.74, 6) is 0. The van der Waals surface area contributed by atoms with Crippen LogP contribution in [0.5, 0.6) is 0 Å². The fraction of sp³-hybridized carbons (Fsp3) is 0.467. The van der Waals surface area contributed by atoms with Crippen LogP contribution in [0.3, 0.4) is 0 Å². The molecule has 0 amide bonds. The van der Waals surface area contributed by atoms with Crippen molar-refractivity contribution >= 4 is 5.70 Å². The van der Waals surface area contributed by atoms with E-state index >= 15 is 0 Å². The Bertz CT molecular complexity index is 423. The molecule has 1 aromatic rings. The largest absolute Gasteiger partial charge is 0.364 e. The molecule has 0 bridgehead atoms. The molecule has 1 unspecified atom stereocenters. The Morgan fingerprint density at radius 1 is 1.47 bits per heavy atom. The predicted octanol–water partition coefficient (Wildman–Crippen LogP) is 3.12. The summed E-state index contributed by atoms with van der Waals surface area (Å²) in [6, 6.07) is 7.07. The Labute approximate surface area is 104 Å². The third-order valence-corrected chi connectivity index (χ3v) is 3.64. The van der Waals surface area contributed by atoms with Crippen molar-refractivity contribution in [2.24, 2.45) is 5.73 Å². The molecule has 0 saturated carbocycles. The van der Waals surface area contributed by atoms with Crippen LogP contribution in [0.4, 0.5) is 0 Å². The first-order valence-electron chi connectivity index (χ1n) is 6.45. The van der Waals surface area contributed by atoms with Gasteiger partial charge in [-0.2, -0.15) is 0 Å². The van der Waals surface area contributed by atoms with E-state index in [1.165, 1.54) is 35.2 Å². The third-order valence-electron chi connectivity index (χ3n) is 3.64. The normalized spacial score (nSPS) is 16.2. The lowest BCUT2D eigenvalue weighted by Gasteiger charge is -2.27. The van der Waals surface area contributed by atoms with Gasteiger partial charge in [0.25, 0.3) is 0 Å². The van der Waals surface area contributed by atoms with Gasteiger partial charge in [-0.05, 0) is 24.5 Å². The highest BCUT2D eigenvalue weighted by Gasteiger charge is 2.25. The zero-order valence-electron chi connectivity index (χ0n) is 10.9. The van der Waals surface area contributed by atoms with Gasteiger partial charge in [-0.3, -0.25) is 0 Å². The maximum Gasteiger partial charge on any atom is 0.0439 e. The summed E-state index contributed by atoms with van der Waals surface area (Å²) in [5.41, 5.74) is 10.7. The molecule has 0 aromatic heterocycles. The van der Waals surface area contributed by atoms with E-state index in [1.807, 2.05) is 0 Å². The molecule has 1 aliphatic heterocycles. The summed E-state index contributed by atoms with van der Waals surface area (Å²) in [4.78, 5) is 2.41. The topological polar surface area (TPSA) is 29.3 Å². The van der Waals surface area contributed by atoms with Crippen molar-refractivity contribution in [1.29, 1.82) is 0 Å². The zero-order chi connectivity index (χ0) is 12.4. The van der Waals surface area contributed by atoms with Crippen LogP contribution in [0, 0.1) is 0 Å². The van der Waals surface area contributed by atoms with Crippen molar-refractivity contribution in [2.75, 3.05) is 0 Å². The van der Waals surface area contributed by atoms with Gasteiger partial charge in [0.05, 0.1) is 0 Å². The molecule has 0 fully saturated rings. The molecule has 1 heterocycles. The van der Waals surface area contributed by atoms with Crippen LogP contribution in [0.1, 0.15) is 43.4 Å². The monoisotopic (exact) mass is 230 g/mol. The summed E-state index contributed by atoms with van der Waals surface area (Å²) < 4.78 is 0. The Balaban J connectivity index is 2.23. The number of nitrogens with two attached hydrogens (primary N) is 1. The van der Waals surface area contributed by atoms with Crippen molar-refractivity contribution in [3.05, 3.63) is 41.5 Å². The average molecular weight is 230 g/mol. The fourth-order valence-electron chi connectivity index (χ4n) is 2.62.